The number of aliphatic hydroxyl groups is 1. The molecule has 0 aliphatic carbocycles. The largest absolute Gasteiger partial charge is 0.385 e. The summed E-state index contributed by atoms with van der Waals surface area (Å²) in [4.78, 5) is 0. The number of rotatable bonds is 4. The minimum atomic E-state index is -0.782. The van der Waals surface area contributed by atoms with Crippen LogP contribution in [0.4, 0.5) is 0 Å². The Labute approximate surface area is 130 Å². The fourth-order valence-electron chi connectivity index (χ4n) is 2.03. The molecule has 0 radical (unpaired) electrons. The highest BCUT2D eigenvalue weighted by Gasteiger charge is 2.21. The minimum absolute atomic E-state index is 0.696. The summed E-state index contributed by atoms with van der Waals surface area (Å²) in [6.07, 6.45) is 0.696. The molecule has 1 atom stereocenters. The van der Waals surface area contributed by atoms with Gasteiger partial charge in [0.1, 0.15) is 0 Å². The molecule has 0 amide bonds. The fraction of sp³-hybridized carbons (Fsp3) is 0.250. The van der Waals surface area contributed by atoms with Gasteiger partial charge in [0.15, 0.2) is 0 Å². The van der Waals surface area contributed by atoms with Gasteiger partial charge < -0.3 is 5.11 Å². The molecule has 0 spiro atoms. The highest BCUT2D eigenvalue weighted by atomic mass is 79.9. The monoisotopic (exact) mass is 382 g/mol. The van der Waals surface area contributed by atoms with E-state index in [2.05, 4.69) is 50.1 Å². The molecule has 0 saturated heterocycles. The van der Waals surface area contributed by atoms with Gasteiger partial charge in [-0.25, -0.2) is 0 Å². The first-order valence-electron chi connectivity index (χ1n) is 6.18. The molecular weight excluding hydrogens is 368 g/mol. The summed E-state index contributed by atoms with van der Waals surface area (Å²) >= 11 is 6.94. The summed E-state index contributed by atoms with van der Waals surface area (Å²) in [5.41, 5.74) is 2.47. The summed E-state index contributed by atoms with van der Waals surface area (Å²) in [5.74, 6) is 0. The number of halogens is 2. The molecule has 0 saturated carbocycles. The van der Waals surface area contributed by atoms with Crippen molar-refractivity contribution >= 4 is 31.9 Å². The molecular formula is C16H16Br2O. The number of hydrogen-bond donors (Lipinski definition) is 1. The average molecular weight is 384 g/mol. The summed E-state index contributed by atoms with van der Waals surface area (Å²) in [5, 5.41) is 11.1. The van der Waals surface area contributed by atoms with E-state index in [4.69, 9.17) is 0 Å². The molecule has 1 nitrogen and oxygen atoms in total. The van der Waals surface area contributed by atoms with Gasteiger partial charge in [-0.15, -0.1) is 0 Å². The zero-order valence-electron chi connectivity index (χ0n) is 10.7. The lowest BCUT2D eigenvalue weighted by atomic mass is 9.92. The molecule has 2 aromatic carbocycles. The van der Waals surface area contributed by atoms with E-state index in [1.165, 1.54) is 0 Å². The van der Waals surface area contributed by atoms with E-state index in [1.807, 2.05) is 37.3 Å². The maximum atomic E-state index is 10.4. The Balaban J connectivity index is 2.31. The standard InChI is InChI=1S/C16H16Br2O/c1-16(19,10-11-17)13-8-6-12(7-9-13)14-4-2-3-5-15(14)18/h2-9,19H,10-11H2,1H3. The molecule has 1 N–H and O–H groups in total. The van der Waals surface area contributed by atoms with Crippen molar-refractivity contribution in [2.45, 2.75) is 18.9 Å². The molecule has 2 rings (SSSR count). The zero-order valence-corrected chi connectivity index (χ0v) is 13.9. The molecule has 2 aromatic rings. The van der Waals surface area contributed by atoms with Crippen LogP contribution in [0.1, 0.15) is 18.9 Å². The number of alkyl halides is 1. The van der Waals surface area contributed by atoms with Crippen molar-refractivity contribution in [3.05, 3.63) is 58.6 Å². The summed E-state index contributed by atoms with van der Waals surface area (Å²) in [7, 11) is 0. The average Bonchev–Trinajstić information content (AvgIpc) is 2.39. The third-order valence-electron chi connectivity index (χ3n) is 3.27. The SMILES string of the molecule is CC(O)(CCBr)c1ccc(-c2ccccc2Br)cc1. The van der Waals surface area contributed by atoms with Gasteiger partial charge in [-0.1, -0.05) is 74.3 Å². The maximum Gasteiger partial charge on any atom is 0.0876 e. The molecule has 0 bridgehead atoms. The lowest BCUT2D eigenvalue weighted by Gasteiger charge is -2.23. The van der Waals surface area contributed by atoms with Crippen molar-refractivity contribution in [2.75, 3.05) is 5.33 Å². The highest BCUT2D eigenvalue weighted by Crippen LogP contribution is 2.31. The lowest BCUT2D eigenvalue weighted by molar-refractivity contribution is 0.0547. The molecule has 100 valence electrons. The first-order valence-corrected chi connectivity index (χ1v) is 8.10. The lowest BCUT2D eigenvalue weighted by Crippen LogP contribution is -2.21. The summed E-state index contributed by atoms with van der Waals surface area (Å²) < 4.78 is 1.08. The first kappa shape index (κ1) is 14.8. The highest BCUT2D eigenvalue weighted by molar-refractivity contribution is 9.10. The smallest absolute Gasteiger partial charge is 0.0876 e. The Morgan fingerprint density at radius 3 is 2.26 bits per heavy atom. The predicted octanol–water partition coefficient (Wildman–Crippen LogP) is 5.11. The molecule has 0 aromatic heterocycles. The zero-order chi connectivity index (χ0) is 13.9. The van der Waals surface area contributed by atoms with Gasteiger partial charge in [0.05, 0.1) is 5.60 Å². The van der Waals surface area contributed by atoms with E-state index in [9.17, 15) is 5.11 Å². The van der Waals surface area contributed by atoms with Crippen molar-refractivity contribution < 1.29 is 5.11 Å². The molecule has 0 aliphatic heterocycles. The number of hydrogen-bond acceptors (Lipinski definition) is 1. The normalized spacial score (nSPS) is 14.1. The predicted molar refractivity (Wildman–Crippen MR) is 87.6 cm³/mol. The Kier molecular flexibility index (Phi) is 4.82. The third-order valence-corrected chi connectivity index (χ3v) is 4.36. The van der Waals surface area contributed by atoms with Crippen LogP contribution in [0.15, 0.2) is 53.0 Å². The van der Waals surface area contributed by atoms with E-state index in [-0.39, 0.29) is 0 Å². The van der Waals surface area contributed by atoms with Gasteiger partial charge in [0.2, 0.25) is 0 Å². The molecule has 3 heteroatoms. The van der Waals surface area contributed by atoms with Gasteiger partial charge in [0, 0.05) is 9.80 Å². The van der Waals surface area contributed by atoms with Crippen molar-refractivity contribution in [2.24, 2.45) is 0 Å². The molecule has 0 fully saturated rings. The van der Waals surface area contributed by atoms with Crippen molar-refractivity contribution in [1.29, 1.82) is 0 Å². The van der Waals surface area contributed by atoms with E-state index < -0.39 is 5.60 Å². The van der Waals surface area contributed by atoms with Crippen molar-refractivity contribution in [3.63, 3.8) is 0 Å². The van der Waals surface area contributed by atoms with Crippen LogP contribution in [-0.2, 0) is 5.60 Å². The Morgan fingerprint density at radius 1 is 1.05 bits per heavy atom. The van der Waals surface area contributed by atoms with E-state index in [0.717, 1.165) is 26.5 Å². The van der Waals surface area contributed by atoms with Crippen LogP contribution in [0.5, 0.6) is 0 Å². The first-order chi connectivity index (χ1) is 9.04. The second-order valence-corrected chi connectivity index (χ2v) is 6.42. The molecule has 0 aliphatic rings. The van der Waals surface area contributed by atoms with Gasteiger partial charge in [-0.2, -0.15) is 0 Å². The minimum Gasteiger partial charge on any atom is -0.385 e. The van der Waals surface area contributed by atoms with Gasteiger partial charge in [-0.05, 0) is 36.1 Å². The van der Waals surface area contributed by atoms with Crippen LogP contribution >= 0.6 is 31.9 Å². The van der Waals surface area contributed by atoms with E-state index >= 15 is 0 Å². The van der Waals surface area contributed by atoms with Gasteiger partial charge in [-0.3, -0.25) is 0 Å². The maximum absolute atomic E-state index is 10.4. The van der Waals surface area contributed by atoms with E-state index in [1.54, 1.807) is 0 Å². The molecule has 1 unspecified atom stereocenters. The van der Waals surface area contributed by atoms with Crippen LogP contribution in [0.3, 0.4) is 0 Å². The Hall–Kier alpha value is -0.640. The Morgan fingerprint density at radius 2 is 1.68 bits per heavy atom. The van der Waals surface area contributed by atoms with E-state index in [0.29, 0.717) is 6.42 Å². The second kappa shape index (κ2) is 6.21. The topological polar surface area (TPSA) is 20.2 Å². The fourth-order valence-corrected chi connectivity index (χ4v) is 3.32. The van der Waals surface area contributed by atoms with Gasteiger partial charge in [0.25, 0.3) is 0 Å². The second-order valence-electron chi connectivity index (χ2n) is 4.77. The van der Waals surface area contributed by atoms with Crippen LogP contribution in [0, 0.1) is 0 Å². The van der Waals surface area contributed by atoms with Crippen molar-refractivity contribution in [3.8, 4) is 11.1 Å². The quantitative estimate of drug-likeness (QED) is 0.727. The summed E-state index contributed by atoms with van der Waals surface area (Å²) in [6, 6.07) is 16.2. The third kappa shape index (κ3) is 3.47. The number of benzene rings is 2. The van der Waals surface area contributed by atoms with Crippen LogP contribution < -0.4 is 0 Å². The summed E-state index contributed by atoms with van der Waals surface area (Å²) in [6.45, 7) is 1.85. The molecule has 19 heavy (non-hydrogen) atoms. The van der Waals surface area contributed by atoms with Crippen LogP contribution in [0.25, 0.3) is 11.1 Å². The van der Waals surface area contributed by atoms with Crippen LogP contribution in [-0.4, -0.2) is 10.4 Å². The molecule has 0 heterocycles. The van der Waals surface area contributed by atoms with Crippen molar-refractivity contribution in [1.82, 2.24) is 0 Å². The van der Waals surface area contributed by atoms with Crippen LogP contribution in [0.2, 0.25) is 0 Å². The Bertz CT molecular complexity index is 547. The van der Waals surface area contributed by atoms with Gasteiger partial charge >= 0.3 is 0 Å².